The van der Waals surface area contributed by atoms with Crippen molar-refractivity contribution in [3.05, 3.63) is 65.2 Å². The second-order valence-corrected chi connectivity index (χ2v) is 6.86. The minimum absolute atomic E-state index is 0.0327. The monoisotopic (exact) mass is 367 g/mol. The third-order valence-corrected chi connectivity index (χ3v) is 4.91. The average Bonchev–Trinajstić information content (AvgIpc) is 2.78. The summed E-state index contributed by atoms with van der Waals surface area (Å²) in [5, 5.41) is 9.83. The Bertz CT molecular complexity index is 803. The van der Waals surface area contributed by atoms with Crippen LogP contribution in [0.15, 0.2) is 48.5 Å². The lowest BCUT2D eigenvalue weighted by Gasteiger charge is -2.24. The van der Waals surface area contributed by atoms with E-state index in [1.54, 1.807) is 19.1 Å². The number of benzene rings is 2. The van der Waals surface area contributed by atoms with Gasteiger partial charge in [-0.3, -0.25) is 9.59 Å². The summed E-state index contributed by atoms with van der Waals surface area (Å²) >= 11 is 0. The number of rotatable bonds is 6. The maximum atomic E-state index is 13.1. The van der Waals surface area contributed by atoms with Crippen LogP contribution < -0.4 is 0 Å². The normalized spacial score (nSPS) is 16.6. The first-order chi connectivity index (χ1) is 13.1. The van der Waals surface area contributed by atoms with Gasteiger partial charge >= 0.3 is 5.97 Å². The van der Waals surface area contributed by atoms with E-state index in [9.17, 15) is 14.7 Å². The van der Waals surface area contributed by atoms with Crippen LogP contribution in [-0.4, -0.2) is 35.0 Å². The second kappa shape index (κ2) is 8.71. The lowest BCUT2D eigenvalue weighted by atomic mass is 9.94. The van der Waals surface area contributed by atoms with Crippen LogP contribution in [0, 0.1) is 5.92 Å². The molecule has 1 aliphatic heterocycles. The lowest BCUT2D eigenvalue weighted by Crippen LogP contribution is -2.37. The number of fused-ring (bicyclic) bond motifs is 1. The molecule has 5 nitrogen and oxygen atoms in total. The van der Waals surface area contributed by atoms with Crippen LogP contribution in [0.5, 0.6) is 5.75 Å². The smallest absolute Gasteiger partial charge is 0.306 e. The predicted molar refractivity (Wildman–Crippen MR) is 102 cm³/mol. The quantitative estimate of drug-likeness (QED) is 0.797. The molecule has 2 aromatic rings. The number of nitrogens with zero attached hydrogens (tertiary/aromatic N) is 1. The van der Waals surface area contributed by atoms with Gasteiger partial charge in [0.05, 0.1) is 18.9 Å². The maximum Gasteiger partial charge on any atom is 0.306 e. The summed E-state index contributed by atoms with van der Waals surface area (Å²) in [6, 6.07) is 15.2. The minimum Gasteiger partial charge on any atom is -0.508 e. The maximum absolute atomic E-state index is 13.1. The summed E-state index contributed by atoms with van der Waals surface area (Å²) in [5.41, 5.74) is 3.10. The Morgan fingerprint density at radius 2 is 1.96 bits per heavy atom. The number of aromatic hydroxyl groups is 1. The average molecular weight is 367 g/mol. The zero-order valence-electron chi connectivity index (χ0n) is 15.6. The zero-order valence-corrected chi connectivity index (χ0v) is 15.6. The van der Waals surface area contributed by atoms with Gasteiger partial charge < -0.3 is 14.7 Å². The Morgan fingerprint density at radius 1 is 1.19 bits per heavy atom. The number of hydrogen-bond acceptors (Lipinski definition) is 4. The van der Waals surface area contributed by atoms with Crippen molar-refractivity contribution < 1.29 is 19.4 Å². The Balaban J connectivity index is 1.81. The molecular weight excluding hydrogens is 342 g/mol. The number of carbonyl (C=O) groups is 2. The van der Waals surface area contributed by atoms with Gasteiger partial charge in [-0.2, -0.15) is 0 Å². The van der Waals surface area contributed by atoms with Crippen molar-refractivity contribution >= 4 is 11.9 Å². The van der Waals surface area contributed by atoms with Crippen LogP contribution >= 0.6 is 0 Å². The SMILES string of the molecule is CCOC(=O)CC1Cc2cc(O)ccc2CN(CCc2ccccc2)C1=O. The van der Waals surface area contributed by atoms with E-state index < -0.39 is 5.92 Å². The summed E-state index contributed by atoms with van der Waals surface area (Å²) < 4.78 is 5.05. The van der Waals surface area contributed by atoms with Crippen molar-refractivity contribution in [2.75, 3.05) is 13.2 Å². The van der Waals surface area contributed by atoms with Gasteiger partial charge in [0.25, 0.3) is 0 Å². The number of ether oxygens (including phenoxy) is 1. The van der Waals surface area contributed by atoms with E-state index in [0.29, 0.717) is 26.1 Å². The third kappa shape index (κ3) is 4.88. The molecular formula is C22H25NO4. The highest BCUT2D eigenvalue weighted by Crippen LogP contribution is 2.28. The van der Waals surface area contributed by atoms with Crippen LogP contribution in [0.2, 0.25) is 0 Å². The highest BCUT2D eigenvalue weighted by Gasteiger charge is 2.31. The van der Waals surface area contributed by atoms with E-state index in [0.717, 1.165) is 17.5 Å². The van der Waals surface area contributed by atoms with Crippen molar-refractivity contribution in [1.29, 1.82) is 0 Å². The van der Waals surface area contributed by atoms with E-state index in [1.807, 2.05) is 41.3 Å². The first-order valence-corrected chi connectivity index (χ1v) is 9.36. The molecule has 1 atom stereocenters. The summed E-state index contributed by atoms with van der Waals surface area (Å²) in [6.45, 7) is 3.13. The van der Waals surface area contributed by atoms with Gasteiger partial charge in [0.2, 0.25) is 5.91 Å². The molecule has 1 amide bonds. The molecule has 0 saturated heterocycles. The topological polar surface area (TPSA) is 66.8 Å². The molecule has 1 heterocycles. The highest BCUT2D eigenvalue weighted by molar-refractivity contribution is 5.84. The Morgan fingerprint density at radius 3 is 2.70 bits per heavy atom. The van der Waals surface area contributed by atoms with E-state index in [-0.39, 0.29) is 24.0 Å². The van der Waals surface area contributed by atoms with Crippen LogP contribution in [0.25, 0.3) is 0 Å². The van der Waals surface area contributed by atoms with E-state index in [1.165, 1.54) is 5.56 Å². The molecule has 0 aromatic heterocycles. The molecule has 3 rings (SSSR count). The molecule has 142 valence electrons. The number of hydrogen-bond donors (Lipinski definition) is 1. The molecule has 1 aliphatic rings. The summed E-state index contributed by atoms with van der Waals surface area (Å²) in [4.78, 5) is 26.9. The van der Waals surface area contributed by atoms with Crippen LogP contribution in [0.4, 0.5) is 0 Å². The van der Waals surface area contributed by atoms with Crippen LogP contribution in [-0.2, 0) is 33.7 Å². The molecule has 1 N–H and O–H groups in total. The number of amides is 1. The third-order valence-electron chi connectivity index (χ3n) is 4.91. The molecule has 5 heteroatoms. The fourth-order valence-corrected chi connectivity index (χ4v) is 3.53. The van der Waals surface area contributed by atoms with Gasteiger partial charge in [-0.25, -0.2) is 0 Å². The van der Waals surface area contributed by atoms with Gasteiger partial charge in [-0.15, -0.1) is 0 Å². The predicted octanol–water partition coefficient (Wildman–Crippen LogP) is 3.09. The van der Waals surface area contributed by atoms with E-state index in [4.69, 9.17) is 4.74 Å². The molecule has 0 radical (unpaired) electrons. The van der Waals surface area contributed by atoms with Gasteiger partial charge in [0, 0.05) is 13.1 Å². The molecule has 0 saturated carbocycles. The Hall–Kier alpha value is -2.82. The second-order valence-electron chi connectivity index (χ2n) is 6.86. The summed E-state index contributed by atoms with van der Waals surface area (Å²) in [5.74, 6) is -0.686. The Labute approximate surface area is 159 Å². The van der Waals surface area contributed by atoms with Crippen LogP contribution in [0.3, 0.4) is 0 Å². The largest absolute Gasteiger partial charge is 0.508 e. The van der Waals surface area contributed by atoms with Gasteiger partial charge in [0.1, 0.15) is 5.75 Å². The van der Waals surface area contributed by atoms with Crippen molar-refractivity contribution in [1.82, 2.24) is 4.90 Å². The standard InChI is InChI=1S/C22H25NO4/c1-2-27-21(25)14-19-12-18-13-20(24)9-8-17(18)15-23(22(19)26)11-10-16-6-4-3-5-7-16/h3-9,13,19,24H,2,10-12,14-15H2,1H3. The molecule has 0 bridgehead atoms. The number of phenolic OH excluding ortho intramolecular Hbond substituents is 1. The van der Waals surface area contributed by atoms with Gasteiger partial charge in [-0.05, 0) is 48.6 Å². The lowest BCUT2D eigenvalue weighted by molar-refractivity contribution is -0.148. The van der Waals surface area contributed by atoms with E-state index in [2.05, 4.69) is 0 Å². The molecule has 0 aliphatic carbocycles. The fourth-order valence-electron chi connectivity index (χ4n) is 3.53. The first-order valence-electron chi connectivity index (χ1n) is 9.36. The molecule has 0 spiro atoms. The summed E-state index contributed by atoms with van der Waals surface area (Å²) in [6.07, 6.45) is 1.25. The number of esters is 1. The van der Waals surface area contributed by atoms with Gasteiger partial charge in [-0.1, -0.05) is 36.4 Å². The molecule has 27 heavy (non-hydrogen) atoms. The summed E-state index contributed by atoms with van der Waals surface area (Å²) in [7, 11) is 0. The number of carbonyl (C=O) groups excluding carboxylic acids is 2. The Kier molecular flexibility index (Phi) is 6.12. The molecule has 2 aromatic carbocycles. The van der Waals surface area contributed by atoms with Crippen LogP contribution in [0.1, 0.15) is 30.0 Å². The molecule has 0 fully saturated rings. The minimum atomic E-state index is -0.470. The fraction of sp³-hybridized carbons (Fsp3) is 0.364. The van der Waals surface area contributed by atoms with Crippen molar-refractivity contribution in [3.63, 3.8) is 0 Å². The number of phenols is 1. The van der Waals surface area contributed by atoms with Crippen molar-refractivity contribution in [3.8, 4) is 5.75 Å². The van der Waals surface area contributed by atoms with Gasteiger partial charge in [0.15, 0.2) is 0 Å². The molecule has 1 unspecified atom stereocenters. The van der Waals surface area contributed by atoms with E-state index >= 15 is 0 Å². The first kappa shape index (κ1) is 19.0. The highest BCUT2D eigenvalue weighted by atomic mass is 16.5. The zero-order chi connectivity index (χ0) is 19.2. The van der Waals surface area contributed by atoms with Crippen molar-refractivity contribution in [2.24, 2.45) is 5.92 Å². The van der Waals surface area contributed by atoms with Crippen molar-refractivity contribution in [2.45, 2.75) is 32.7 Å².